The third-order valence-corrected chi connectivity index (χ3v) is 3.96. The van der Waals surface area contributed by atoms with E-state index in [1.807, 2.05) is 12.1 Å². The van der Waals surface area contributed by atoms with Crippen molar-refractivity contribution in [1.29, 1.82) is 0 Å². The minimum Gasteiger partial charge on any atom is -0.454 e. The molecule has 2 aromatic carbocycles. The summed E-state index contributed by atoms with van der Waals surface area (Å²) in [6.07, 6.45) is 0. The van der Waals surface area contributed by atoms with Crippen LogP contribution < -0.4 is 5.32 Å². The third-order valence-electron chi connectivity index (χ3n) is 3.96. The van der Waals surface area contributed by atoms with Crippen LogP contribution in [0.4, 0.5) is 0 Å². The predicted octanol–water partition coefficient (Wildman–Crippen LogP) is 3.49. The Labute approximate surface area is 153 Å². The summed E-state index contributed by atoms with van der Waals surface area (Å²) in [7, 11) is 0. The van der Waals surface area contributed by atoms with Gasteiger partial charge in [-0.2, -0.15) is 0 Å². The van der Waals surface area contributed by atoms with E-state index in [-0.39, 0.29) is 18.3 Å². The monoisotopic (exact) mass is 353 g/mol. The molecular formula is C21H23NO4. The summed E-state index contributed by atoms with van der Waals surface area (Å²) in [5.74, 6) is -0.516. The molecule has 0 fully saturated rings. The van der Waals surface area contributed by atoms with Crippen LogP contribution in [-0.4, -0.2) is 24.3 Å². The smallest absolute Gasteiger partial charge is 0.338 e. The zero-order chi connectivity index (χ0) is 19.1. The van der Waals surface area contributed by atoms with E-state index in [0.717, 1.165) is 11.1 Å². The first-order valence-electron chi connectivity index (χ1n) is 8.50. The van der Waals surface area contributed by atoms with Gasteiger partial charge in [0.25, 0.3) is 0 Å². The minimum absolute atomic E-state index is 0.117. The Balaban J connectivity index is 1.89. The average Bonchev–Trinajstić information content (AvgIpc) is 2.64. The molecule has 2 aromatic rings. The first kappa shape index (κ1) is 19.4. The average molecular weight is 353 g/mol. The van der Waals surface area contributed by atoms with E-state index in [9.17, 15) is 14.4 Å². The summed E-state index contributed by atoms with van der Waals surface area (Å²) in [6.45, 7) is 5.71. The second-order valence-corrected chi connectivity index (χ2v) is 6.38. The first-order valence-corrected chi connectivity index (χ1v) is 8.50. The molecule has 0 aliphatic carbocycles. The lowest BCUT2D eigenvalue weighted by molar-refractivity contribution is -0.119. The number of Topliss-reactive ketones (excluding diaryl/α,β-unsaturated/α-hetero) is 1. The minimum atomic E-state index is -0.553. The molecule has 0 bridgehead atoms. The van der Waals surface area contributed by atoms with Crippen LogP contribution >= 0.6 is 0 Å². The summed E-state index contributed by atoms with van der Waals surface area (Å²) in [6, 6.07) is 14.0. The molecule has 0 aliphatic heterocycles. The van der Waals surface area contributed by atoms with E-state index in [1.54, 1.807) is 36.4 Å². The largest absolute Gasteiger partial charge is 0.454 e. The van der Waals surface area contributed by atoms with Gasteiger partial charge in [-0.15, -0.1) is 0 Å². The van der Waals surface area contributed by atoms with Gasteiger partial charge in [0.05, 0.1) is 5.56 Å². The van der Waals surface area contributed by atoms with Gasteiger partial charge in [0.2, 0.25) is 5.91 Å². The third kappa shape index (κ3) is 5.55. The van der Waals surface area contributed by atoms with E-state index in [4.69, 9.17) is 4.74 Å². The number of carbonyl (C=O) groups is 3. The maximum absolute atomic E-state index is 12.1. The molecule has 1 N–H and O–H groups in total. The molecule has 0 saturated carbocycles. The number of ether oxygens (including phenoxy) is 1. The highest BCUT2D eigenvalue weighted by Gasteiger charge is 2.12. The van der Waals surface area contributed by atoms with Crippen molar-refractivity contribution in [3.05, 3.63) is 70.8 Å². The van der Waals surface area contributed by atoms with Crippen molar-refractivity contribution in [2.75, 3.05) is 6.61 Å². The Hall–Kier alpha value is -2.95. The maximum Gasteiger partial charge on any atom is 0.338 e. The second kappa shape index (κ2) is 8.94. The van der Waals surface area contributed by atoms with Crippen molar-refractivity contribution >= 4 is 17.7 Å². The fourth-order valence-corrected chi connectivity index (χ4v) is 2.34. The second-order valence-electron chi connectivity index (χ2n) is 6.38. The van der Waals surface area contributed by atoms with Gasteiger partial charge in [-0.3, -0.25) is 9.59 Å². The summed E-state index contributed by atoms with van der Waals surface area (Å²) >= 11 is 0. The van der Waals surface area contributed by atoms with Gasteiger partial charge >= 0.3 is 5.97 Å². The van der Waals surface area contributed by atoms with Crippen molar-refractivity contribution in [2.24, 2.45) is 0 Å². The summed E-state index contributed by atoms with van der Waals surface area (Å²) in [4.78, 5) is 35.1. The van der Waals surface area contributed by atoms with Crippen LogP contribution in [-0.2, 0) is 16.1 Å². The summed E-state index contributed by atoms with van der Waals surface area (Å²) in [5, 5.41) is 2.68. The molecule has 0 radical (unpaired) electrons. The number of rotatable bonds is 7. The zero-order valence-corrected chi connectivity index (χ0v) is 15.2. The molecule has 0 heterocycles. The molecule has 0 unspecified atom stereocenters. The van der Waals surface area contributed by atoms with Crippen LogP contribution in [0.3, 0.4) is 0 Å². The van der Waals surface area contributed by atoms with Crippen molar-refractivity contribution in [3.8, 4) is 0 Å². The molecule has 26 heavy (non-hydrogen) atoms. The van der Waals surface area contributed by atoms with Crippen LogP contribution in [0.1, 0.15) is 58.5 Å². The number of esters is 1. The lowest BCUT2D eigenvalue weighted by Gasteiger charge is -2.08. The molecule has 0 aromatic heterocycles. The van der Waals surface area contributed by atoms with Crippen molar-refractivity contribution < 1.29 is 19.1 Å². The molecule has 0 aliphatic rings. The number of amides is 1. The molecule has 2 rings (SSSR count). The Morgan fingerprint density at radius 1 is 0.923 bits per heavy atom. The summed E-state index contributed by atoms with van der Waals surface area (Å²) in [5.41, 5.74) is 2.91. The van der Waals surface area contributed by atoms with Gasteiger partial charge in [0.15, 0.2) is 12.4 Å². The SMILES string of the molecule is CC(=O)NCc1ccc(C(=O)OCC(=O)c2ccc(C(C)C)cc2)cc1. The van der Waals surface area contributed by atoms with Gasteiger partial charge < -0.3 is 10.1 Å². The molecular weight excluding hydrogens is 330 g/mol. The molecule has 5 nitrogen and oxygen atoms in total. The number of hydrogen-bond acceptors (Lipinski definition) is 4. The quantitative estimate of drug-likeness (QED) is 0.611. The van der Waals surface area contributed by atoms with Gasteiger partial charge in [-0.1, -0.05) is 50.2 Å². The highest BCUT2D eigenvalue weighted by molar-refractivity contribution is 5.99. The van der Waals surface area contributed by atoms with E-state index >= 15 is 0 Å². The van der Waals surface area contributed by atoms with Crippen LogP contribution in [0, 0.1) is 0 Å². The predicted molar refractivity (Wildman–Crippen MR) is 99.1 cm³/mol. The highest BCUT2D eigenvalue weighted by Crippen LogP contribution is 2.15. The Morgan fingerprint density at radius 2 is 1.50 bits per heavy atom. The van der Waals surface area contributed by atoms with Gasteiger partial charge in [-0.25, -0.2) is 4.79 Å². The molecule has 1 amide bonds. The Kier molecular flexibility index (Phi) is 6.67. The van der Waals surface area contributed by atoms with E-state index in [1.165, 1.54) is 6.92 Å². The van der Waals surface area contributed by atoms with Crippen LogP contribution in [0.15, 0.2) is 48.5 Å². The van der Waals surface area contributed by atoms with E-state index < -0.39 is 5.97 Å². The Morgan fingerprint density at radius 3 is 2.04 bits per heavy atom. The molecule has 0 saturated heterocycles. The molecule has 5 heteroatoms. The lowest BCUT2D eigenvalue weighted by Crippen LogP contribution is -2.19. The first-order chi connectivity index (χ1) is 12.4. The normalized spacial score (nSPS) is 10.5. The standard InChI is InChI=1S/C21H23NO4/c1-14(2)17-8-10-18(11-9-17)20(24)13-26-21(25)19-6-4-16(5-7-19)12-22-15(3)23/h4-11,14H,12-13H2,1-3H3,(H,22,23). The van der Waals surface area contributed by atoms with Crippen LogP contribution in [0.5, 0.6) is 0 Å². The molecule has 136 valence electrons. The maximum atomic E-state index is 12.1. The zero-order valence-electron chi connectivity index (χ0n) is 15.2. The molecule has 0 spiro atoms. The number of nitrogens with one attached hydrogen (secondary N) is 1. The fourth-order valence-electron chi connectivity index (χ4n) is 2.34. The number of benzene rings is 2. The van der Waals surface area contributed by atoms with Crippen molar-refractivity contribution in [3.63, 3.8) is 0 Å². The fraction of sp³-hybridized carbons (Fsp3) is 0.286. The number of hydrogen-bond donors (Lipinski definition) is 1. The van der Waals surface area contributed by atoms with Crippen molar-refractivity contribution in [1.82, 2.24) is 5.32 Å². The number of carbonyl (C=O) groups excluding carboxylic acids is 3. The van der Waals surface area contributed by atoms with E-state index in [0.29, 0.717) is 23.6 Å². The van der Waals surface area contributed by atoms with Gasteiger partial charge in [0, 0.05) is 19.0 Å². The summed E-state index contributed by atoms with van der Waals surface area (Å²) < 4.78 is 5.10. The van der Waals surface area contributed by atoms with Crippen LogP contribution in [0.2, 0.25) is 0 Å². The van der Waals surface area contributed by atoms with Crippen LogP contribution in [0.25, 0.3) is 0 Å². The topological polar surface area (TPSA) is 72.5 Å². The number of ketones is 1. The van der Waals surface area contributed by atoms with Gasteiger partial charge in [0.1, 0.15) is 0 Å². The van der Waals surface area contributed by atoms with Crippen molar-refractivity contribution in [2.45, 2.75) is 33.2 Å². The lowest BCUT2D eigenvalue weighted by atomic mass is 10.0. The highest BCUT2D eigenvalue weighted by atomic mass is 16.5. The van der Waals surface area contributed by atoms with E-state index in [2.05, 4.69) is 19.2 Å². The Bertz CT molecular complexity index is 777. The van der Waals surface area contributed by atoms with Gasteiger partial charge in [-0.05, 0) is 29.2 Å². The molecule has 0 atom stereocenters.